The Morgan fingerprint density at radius 2 is 1.76 bits per heavy atom. The van der Waals surface area contributed by atoms with E-state index in [1.807, 2.05) is 30.3 Å². The van der Waals surface area contributed by atoms with Crippen LogP contribution in [-0.2, 0) is 31.1 Å². The van der Waals surface area contributed by atoms with Crippen LogP contribution in [0.1, 0.15) is 64.7 Å². The Balaban J connectivity index is 1.66. The van der Waals surface area contributed by atoms with Gasteiger partial charge in [-0.3, -0.25) is 9.36 Å². The van der Waals surface area contributed by atoms with Crippen molar-refractivity contribution in [2.24, 2.45) is 0 Å². The normalized spacial score (nSPS) is 15.2. The number of likely N-dealkylation sites (tertiary alicyclic amines) is 1. The molecule has 0 unspecified atom stereocenters. The van der Waals surface area contributed by atoms with Gasteiger partial charge in [-0.15, -0.1) is 11.3 Å². The minimum Gasteiger partial charge on any atom is -0.458 e. The lowest BCUT2D eigenvalue weighted by Crippen LogP contribution is -2.54. The molecule has 1 saturated heterocycles. The van der Waals surface area contributed by atoms with Crippen molar-refractivity contribution < 1.29 is 28.2 Å². The van der Waals surface area contributed by atoms with E-state index in [2.05, 4.69) is 4.98 Å². The molecule has 0 N–H and O–H groups in total. The van der Waals surface area contributed by atoms with Crippen LogP contribution in [0.25, 0.3) is 21.0 Å². The fourth-order valence-electron chi connectivity index (χ4n) is 5.55. The molecule has 4 aromatic rings. The lowest BCUT2D eigenvalue weighted by molar-refractivity contribution is -0.164. The molecule has 4 heterocycles. The van der Waals surface area contributed by atoms with Crippen LogP contribution in [0.3, 0.4) is 0 Å². The van der Waals surface area contributed by atoms with Crippen molar-refractivity contribution in [1.82, 2.24) is 19.0 Å². The molecule has 1 atom stereocenters. The molecule has 5 rings (SSSR count). The summed E-state index contributed by atoms with van der Waals surface area (Å²) >= 11 is 1.17. The van der Waals surface area contributed by atoms with Gasteiger partial charge in [0, 0.05) is 20.2 Å². The molecule has 12 nitrogen and oxygen atoms in total. The quantitative estimate of drug-likeness (QED) is 0.234. The number of carbonyl (C=O) groups excluding carboxylic acids is 2. The molecule has 46 heavy (non-hydrogen) atoms. The fourth-order valence-corrected chi connectivity index (χ4v) is 6.79. The number of benzene rings is 1. The average Bonchev–Trinajstić information content (AvgIpc) is 3.66. The van der Waals surface area contributed by atoms with Gasteiger partial charge in [-0.2, -0.15) is 0 Å². The van der Waals surface area contributed by atoms with Gasteiger partial charge >= 0.3 is 17.8 Å². The number of aryl methyl sites for hydroxylation is 1. The van der Waals surface area contributed by atoms with Crippen molar-refractivity contribution in [3.8, 4) is 10.8 Å². The van der Waals surface area contributed by atoms with Gasteiger partial charge in [0.25, 0.3) is 5.56 Å². The molecule has 1 aliphatic heterocycles. The zero-order valence-corrected chi connectivity index (χ0v) is 28.0. The highest BCUT2D eigenvalue weighted by Gasteiger charge is 2.39. The number of carbonyl (C=O) groups is 2. The molecule has 0 bridgehead atoms. The topological polar surface area (TPSA) is 135 Å². The highest BCUT2D eigenvalue weighted by Crippen LogP contribution is 2.36. The molecule has 1 aromatic carbocycles. The van der Waals surface area contributed by atoms with Crippen molar-refractivity contribution in [3.63, 3.8) is 0 Å². The number of aromatic nitrogens is 3. The van der Waals surface area contributed by atoms with Gasteiger partial charge in [0.05, 0.1) is 29.1 Å². The maximum absolute atomic E-state index is 14.5. The summed E-state index contributed by atoms with van der Waals surface area (Å²) in [5, 5.41) is 0.231. The van der Waals surface area contributed by atoms with Crippen molar-refractivity contribution in [2.45, 2.75) is 84.3 Å². The Labute approximate surface area is 270 Å². The SMILES string of the molecule is COC1CCN(C(=O)O[C@@H](Cn2c(=O)n(C(C)(C)C(=O)OC(C)(C)C)c(=O)c3c(C)c(-c4ncco4)sc32)c2ccccc2)CC1. The number of rotatable bonds is 8. The number of thiophene rings is 1. The van der Waals surface area contributed by atoms with Crippen LogP contribution >= 0.6 is 11.3 Å². The van der Waals surface area contributed by atoms with E-state index in [-0.39, 0.29) is 18.0 Å². The zero-order valence-electron chi connectivity index (χ0n) is 27.2. The maximum Gasteiger partial charge on any atom is 0.410 e. The Morgan fingerprint density at radius 3 is 2.35 bits per heavy atom. The van der Waals surface area contributed by atoms with Gasteiger partial charge in [-0.1, -0.05) is 30.3 Å². The summed E-state index contributed by atoms with van der Waals surface area (Å²) in [5.41, 5.74) is -2.72. The van der Waals surface area contributed by atoms with Gasteiger partial charge in [0.1, 0.15) is 28.3 Å². The lowest BCUT2D eigenvalue weighted by atomic mass is 10.0. The molecule has 0 spiro atoms. The molecule has 1 aliphatic rings. The second-order valence-electron chi connectivity index (χ2n) is 12.9. The summed E-state index contributed by atoms with van der Waals surface area (Å²) in [7, 11) is 1.66. The lowest BCUT2D eigenvalue weighted by Gasteiger charge is -2.32. The number of esters is 1. The van der Waals surface area contributed by atoms with Gasteiger partial charge in [-0.25, -0.2) is 23.9 Å². The number of nitrogens with zero attached hydrogens (tertiary/aromatic N) is 4. The van der Waals surface area contributed by atoms with Gasteiger partial charge in [-0.05, 0) is 65.5 Å². The molecular weight excluding hydrogens is 612 g/mol. The first-order valence-electron chi connectivity index (χ1n) is 15.2. The van der Waals surface area contributed by atoms with E-state index in [1.54, 1.807) is 39.7 Å². The van der Waals surface area contributed by atoms with Crippen molar-refractivity contribution in [1.29, 1.82) is 0 Å². The smallest absolute Gasteiger partial charge is 0.410 e. The Morgan fingerprint density at radius 1 is 1.09 bits per heavy atom. The Bertz CT molecular complexity index is 1830. The van der Waals surface area contributed by atoms with E-state index in [0.717, 1.165) is 4.57 Å². The predicted octanol–water partition coefficient (Wildman–Crippen LogP) is 5.25. The van der Waals surface area contributed by atoms with E-state index in [9.17, 15) is 19.2 Å². The average molecular weight is 653 g/mol. The highest BCUT2D eigenvalue weighted by molar-refractivity contribution is 7.22. The van der Waals surface area contributed by atoms with Gasteiger partial charge < -0.3 is 23.5 Å². The van der Waals surface area contributed by atoms with Crippen LogP contribution in [0.15, 0.2) is 56.8 Å². The number of piperidine rings is 1. The Hall–Kier alpha value is -4.23. The van der Waals surface area contributed by atoms with Crippen molar-refractivity contribution in [2.75, 3.05) is 20.2 Å². The van der Waals surface area contributed by atoms with Crippen LogP contribution in [0, 0.1) is 6.92 Å². The number of oxazole rings is 1. The highest BCUT2D eigenvalue weighted by atomic mass is 32.1. The molecular formula is C33H40N4O8S. The molecule has 0 saturated carbocycles. The molecule has 246 valence electrons. The largest absolute Gasteiger partial charge is 0.458 e. The summed E-state index contributed by atoms with van der Waals surface area (Å²) in [5.74, 6) is -0.447. The van der Waals surface area contributed by atoms with Crippen LogP contribution in [0.4, 0.5) is 4.79 Å². The molecule has 0 radical (unpaired) electrons. The number of hydrogen-bond acceptors (Lipinski definition) is 10. The third-order valence-corrected chi connectivity index (χ3v) is 9.40. The zero-order chi connectivity index (χ0) is 33.4. The number of hydrogen-bond donors (Lipinski definition) is 0. The number of ether oxygens (including phenoxy) is 3. The van der Waals surface area contributed by atoms with Gasteiger partial charge in [0.15, 0.2) is 0 Å². The molecule has 13 heteroatoms. The van der Waals surface area contributed by atoms with Crippen LogP contribution in [-0.4, -0.2) is 63.0 Å². The first-order valence-corrected chi connectivity index (χ1v) is 16.0. The number of fused-ring (bicyclic) bond motifs is 1. The molecule has 0 aliphatic carbocycles. The standard InChI is InChI=1S/C33H40N4O8S/c1-20-24-27(38)37(33(5,6)29(39)45-32(2,3)4)30(40)36(28(24)46-25(20)26-34-15-18-43-26)19-23(21-11-9-8-10-12-21)44-31(41)35-16-13-22(42-7)14-17-35/h8-12,15,18,22-23H,13-14,16-17,19H2,1-7H3/t23-/m0/s1. The maximum atomic E-state index is 14.5. The second-order valence-corrected chi connectivity index (χ2v) is 13.9. The Kier molecular flexibility index (Phi) is 9.28. The van der Waals surface area contributed by atoms with E-state index >= 15 is 0 Å². The van der Waals surface area contributed by atoms with E-state index in [1.165, 1.54) is 42.2 Å². The molecule has 1 fully saturated rings. The monoisotopic (exact) mass is 652 g/mol. The third kappa shape index (κ3) is 6.52. The van der Waals surface area contributed by atoms with E-state index in [4.69, 9.17) is 18.6 Å². The van der Waals surface area contributed by atoms with E-state index in [0.29, 0.717) is 52.7 Å². The van der Waals surface area contributed by atoms with Crippen molar-refractivity contribution >= 4 is 33.6 Å². The summed E-state index contributed by atoms with van der Waals surface area (Å²) in [6, 6.07) is 9.12. The fraction of sp³-hybridized carbons (Fsp3) is 0.485. The van der Waals surface area contributed by atoms with Gasteiger partial charge in [0.2, 0.25) is 5.89 Å². The van der Waals surface area contributed by atoms with Crippen molar-refractivity contribution in [3.05, 3.63) is 74.8 Å². The minimum absolute atomic E-state index is 0.0788. The first-order chi connectivity index (χ1) is 21.7. The van der Waals surface area contributed by atoms with Crippen LogP contribution in [0.5, 0.6) is 0 Å². The van der Waals surface area contributed by atoms with Crippen LogP contribution in [0.2, 0.25) is 0 Å². The van der Waals surface area contributed by atoms with Crippen LogP contribution < -0.4 is 11.2 Å². The van der Waals surface area contributed by atoms with E-state index < -0.39 is 40.6 Å². The molecule has 3 aromatic heterocycles. The summed E-state index contributed by atoms with van der Waals surface area (Å²) < 4.78 is 25.1. The molecule has 1 amide bonds. The first kappa shape index (κ1) is 33.1. The predicted molar refractivity (Wildman–Crippen MR) is 173 cm³/mol. The number of methoxy groups -OCH3 is 1. The third-order valence-electron chi connectivity index (χ3n) is 8.09. The summed E-state index contributed by atoms with van der Waals surface area (Å²) in [6.45, 7) is 10.7. The summed E-state index contributed by atoms with van der Waals surface area (Å²) in [4.78, 5) is 62.4. The second kappa shape index (κ2) is 12.9. The number of amides is 1. The minimum atomic E-state index is -1.68. The summed E-state index contributed by atoms with van der Waals surface area (Å²) in [6.07, 6.45) is 2.95.